The second-order valence-electron chi connectivity index (χ2n) is 7.12. The van der Waals surface area contributed by atoms with E-state index in [1.165, 1.54) is 23.4 Å². The van der Waals surface area contributed by atoms with Gasteiger partial charge in [0, 0.05) is 31.7 Å². The van der Waals surface area contributed by atoms with Gasteiger partial charge in [0.15, 0.2) is 11.9 Å². The lowest BCUT2D eigenvalue weighted by Crippen LogP contribution is -2.53. The Bertz CT molecular complexity index is 1080. The first-order valence-electron chi connectivity index (χ1n) is 9.62. The molecule has 0 aliphatic carbocycles. The number of piperazine rings is 1. The van der Waals surface area contributed by atoms with Crippen LogP contribution < -0.4 is 4.74 Å². The van der Waals surface area contributed by atoms with Crippen molar-refractivity contribution in [3.63, 3.8) is 0 Å². The third kappa shape index (κ3) is 5.20. The van der Waals surface area contributed by atoms with Crippen LogP contribution in [0, 0.1) is 0 Å². The molecule has 2 aromatic rings. The number of carbonyl (C=O) groups excluding carboxylic acids is 2. The largest absolute Gasteiger partial charge is 0.481 e. The molecule has 1 amide bonds. The maximum Gasteiger partial charge on any atom is 0.263 e. The molecule has 1 fully saturated rings. The summed E-state index contributed by atoms with van der Waals surface area (Å²) in [5.74, 6) is 0.0598. The van der Waals surface area contributed by atoms with Crippen molar-refractivity contribution in [1.29, 1.82) is 0 Å². The SMILES string of the molecule is CC(=O)c1cccc(OC(C)C(=O)N2CCN(S(=O)(=O)c3c(Cl)cccc3Cl)CC2)c1. The van der Waals surface area contributed by atoms with Gasteiger partial charge in [0.25, 0.3) is 5.91 Å². The first kappa shape index (κ1) is 23.5. The molecule has 0 bridgehead atoms. The highest BCUT2D eigenvalue weighted by atomic mass is 35.5. The fourth-order valence-corrected chi connectivity index (χ4v) is 5.82. The Balaban J connectivity index is 1.64. The summed E-state index contributed by atoms with van der Waals surface area (Å²) >= 11 is 12.1. The number of sulfonamides is 1. The number of ether oxygens (including phenoxy) is 1. The van der Waals surface area contributed by atoms with Crippen LogP contribution >= 0.6 is 23.2 Å². The van der Waals surface area contributed by atoms with E-state index in [0.717, 1.165) is 0 Å². The Morgan fingerprint density at radius 1 is 1.00 bits per heavy atom. The van der Waals surface area contributed by atoms with Crippen LogP contribution in [0.25, 0.3) is 0 Å². The summed E-state index contributed by atoms with van der Waals surface area (Å²) in [7, 11) is -3.89. The van der Waals surface area contributed by atoms with Crippen molar-refractivity contribution >= 4 is 44.9 Å². The van der Waals surface area contributed by atoms with E-state index in [9.17, 15) is 18.0 Å². The second kappa shape index (κ2) is 9.56. The fourth-order valence-electron chi connectivity index (χ4n) is 3.31. The van der Waals surface area contributed by atoms with Crippen LogP contribution in [-0.4, -0.2) is 61.6 Å². The highest BCUT2D eigenvalue weighted by molar-refractivity contribution is 7.89. The fraction of sp³-hybridized carbons (Fsp3) is 0.333. The number of hydrogen-bond acceptors (Lipinski definition) is 5. The quantitative estimate of drug-likeness (QED) is 0.585. The molecule has 1 atom stereocenters. The molecule has 1 saturated heterocycles. The predicted octanol–water partition coefficient (Wildman–Crippen LogP) is 3.50. The van der Waals surface area contributed by atoms with Gasteiger partial charge in [-0.15, -0.1) is 0 Å². The lowest BCUT2D eigenvalue weighted by Gasteiger charge is -2.35. The van der Waals surface area contributed by atoms with E-state index in [1.807, 2.05) is 0 Å². The molecule has 7 nitrogen and oxygen atoms in total. The third-order valence-electron chi connectivity index (χ3n) is 4.97. The van der Waals surface area contributed by atoms with Crippen molar-refractivity contribution in [2.45, 2.75) is 24.8 Å². The molecule has 0 aromatic heterocycles. The molecule has 10 heteroatoms. The van der Waals surface area contributed by atoms with E-state index in [2.05, 4.69) is 0 Å². The topological polar surface area (TPSA) is 84.0 Å². The molecule has 1 aliphatic rings. The number of carbonyl (C=O) groups is 2. The van der Waals surface area contributed by atoms with Gasteiger partial charge in [-0.3, -0.25) is 9.59 Å². The van der Waals surface area contributed by atoms with Crippen LogP contribution in [0.3, 0.4) is 0 Å². The van der Waals surface area contributed by atoms with Crippen LogP contribution in [-0.2, 0) is 14.8 Å². The number of halogens is 2. The Labute approximate surface area is 191 Å². The van der Waals surface area contributed by atoms with Crippen LogP contribution in [0.1, 0.15) is 24.2 Å². The van der Waals surface area contributed by atoms with E-state index < -0.39 is 16.1 Å². The Morgan fingerprint density at radius 3 is 2.16 bits per heavy atom. The van der Waals surface area contributed by atoms with E-state index in [1.54, 1.807) is 42.2 Å². The maximum atomic E-state index is 13.0. The van der Waals surface area contributed by atoms with Crippen LogP contribution in [0.2, 0.25) is 10.0 Å². The summed E-state index contributed by atoms with van der Waals surface area (Å²) in [5.41, 5.74) is 0.495. The van der Waals surface area contributed by atoms with Gasteiger partial charge in [-0.2, -0.15) is 4.31 Å². The molecule has 1 heterocycles. The van der Waals surface area contributed by atoms with Gasteiger partial charge < -0.3 is 9.64 Å². The van der Waals surface area contributed by atoms with Crippen molar-refractivity contribution in [3.05, 3.63) is 58.1 Å². The summed E-state index contributed by atoms with van der Waals surface area (Å²) in [5, 5.41) is 0.113. The Morgan fingerprint density at radius 2 is 1.58 bits per heavy atom. The van der Waals surface area contributed by atoms with Crippen molar-refractivity contribution in [2.24, 2.45) is 0 Å². The molecule has 1 unspecified atom stereocenters. The third-order valence-corrected chi connectivity index (χ3v) is 7.82. The van der Waals surface area contributed by atoms with E-state index in [4.69, 9.17) is 27.9 Å². The average molecular weight is 485 g/mol. The normalized spacial score (nSPS) is 16.1. The van der Waals surface area contributed by atoms with Gasteiger partial charge in [-0.1, -0.05) is 41.4 Å². The van der Waals surface area contributed by atoms with Crippen molar-refractivity contribution in [3.8, 4) is 5.75 Å². The van der Waals surface area contributed by atoms with Crippen molar-refractivity contribution in [2.75, 3.05) is 26.2 Å². The van der Waals surface area contributed by atoms with Gasteiger partial charge in [-0.05, 0) is 38.1 Å². The van der Waals surface area contributed by atoms with Gasteiger partial charge in [0.2, 0.25) is 10.0 Å². The summed E-state index contributed by atoms with van der Waals surface area (Å²) in [6.45, 7) is 3.72. The van der Waals surface area contributed by atoms with E-state index in [0.29, 0.717) is 11.3 Å². The van der Waals surface area contributed by atoms with E-state index in [-0.39, 0.29) is 52.8 Å². The number of Topliss-reactive ketones (excluding diaryl/α,β-unsaturated/α-hetero) is 1. The van der Waals surface area contributed by atoms with Crippen molar-refractivity contribution in [1.82, 2.24) is 9.21 Å². The smallest absolute Gasteiger partial charge is 0.263 e. The minimum absolute atomic E-state index is 0.0563. The standard InChI is InChI=1S/C21H22Cl2N2O5S/c1-14(26)16-5-3-6-17(13-16)30-15(2)21(27)24-9-11-25(12-10-24)31(28,29)20-18(22)7-4-8-19(20)23/h3-8,13,15H,9-12H2,1-2H3. The number of benzene rings is 2. The van der Waals surface area contributed by atoms with Crippen molar-refractivity contribution < 1.29 is 22.7 Å². The van der Waals surface area contributed by atoms with Gasteiger partial charge in [0.1, 0.15) is 10.6 Å². The molecule has 0 spiro atoms. The molecular formula is C21H22Cl2N2O5S. The average Bonchev–Trinajstić information content (AvgIpc) is 2.73. The zero-order valence-electron chi connectivity index (χ0n) is 17.0. The number of amides is 1. The molecule has 3 rings (SSSR count). The first-order valence-corrected chi connectivity index (χ1v) is 11.8. The molecule has 31 heavy (non-hydrogen) atoms. The molecule has 0 radical (unpaired) electrons. The predicted molar refractivity (Wildman–Crippen MR) is 118 cm³/mol. The van der Waals surface area contributed by atoms with Gasteiger partial charge in [-0.25, -0.2) is 8.42 Å². The minimum Gasteiger partial charge on any atom is -0.481 e. The summed E-state index contributed by atoms with van der Waals surface area (Å²) in [6.07, 6.45) is -0.789. The minimum atomic E-state index is -3.89. The highest BCUT2D eigenvalue weighted by Gasteiger charge is 2.34. The molecule has 0 saturated carbocycles. The Kier molecular flexibility index (Phi) is 7.26. The second-order valence-corrected chi connectivity index (χ2v) is 9.81. The molecular weight excluding hydrogens is 463 g/mol. The molecule has 0 N–H and O–H groups in total. The summed E-state index contributed by atoms with van der Waals surface area (Å²) < 4.78 is 32.9. The molecule has 166 valence electrons. The number of rotatable bonds is 6. The van der Waals surface area contributed by atoms with Crippen LogP contribution in [0.15, 0.2) is 47.4 Å². The zero-order valence-corrected chi connectivity index (χ0v) is 19.4. The lowest BCUT2D eigenvalue weighted by molar-refractivity contribution is -0.139. The monoisotopic (exact) mass is 484 g/mol. The van der Waals surface area contributed by atoms with Crippen LogP contribution in [0.5, 0.6) is 5.75 Å². The zero-order chi connectivity index (χ0) is 22.8. The summed E-state index contributed by atoms with van der Waals surface area (Å²) in [6, 6.07) is 11.1. The lowest BCUT2D eigenvalue weighted by atomic mass is 10.1. The molecule has 2 aromatic carbocycles. The molecule has 1 aliphatic heterocycles. The first-order chi connectivity index (χ1) is 14.6. The number of ketones is 1. The number of nitrogens with zero attached hydrogens (tertiary/aromatic N) is 2. The highest BCUT2D eigenvalue weighted by Crippen LogP contribution is 2.32. The van der Waals surface area contributed by atoms with E-state index >= 15 is 0 Å². The van der Waals surface area contributed by atoms with Gasteiger partial charge in [0.05, 0.1) is 10.0 Å². The van der Waals surface area contributed by atoms with Gasteiger partial charge >= 0.3 is 0 Å². The maximum absolute atomic E-state index is 13.0. The van der Waals surface area contributed by atoms with Crippen LogP contribution in [0.4, 0.5) is 0 Å². The summed E-state index contributed by atoms with van der Waals surface area (Å²) in [4.78, 5) is 25.7. The number of hydrogen-bond donors (Lipinski definition) is 0. The Hall–Kier alpha value is -2.13.